The van der Waals surface area contributed by atoms with Crippen LogP contribution in [0.15, 0.2) is 18.2 Å². The number of rotatable bonds is 4. The quantitative estimate of drug-likeness (QED) is 0.761. The summed E-state index contributed by atoms with van der Waals surface area (Å²) in [5.41, 5.74) is 0.357. The summed E-state index contributed by atoms with van der Waals surface area (Å²) in [5, 5.41) is 0. The number of hydrogen-bond acceptors (Lipinski definition) is 3. The molecule has 0 saturated heterocycles. The molecular weight excluding hydrogens is 230 g/mol. The van der Waals surface area contributed by atoms with Crippen molar-refractivity contribution in [2.45, 2.75) is 6.42 Å². The molecule has 0 aliphatic heterocycles. The smallest absolute Gasteiger partial charge is 0.309 e. The van der Waals surface area contributed by atoms with Crippen molar-refractivity contribution in [2.24, 2.45) is 0 Å². The van der Waals surface area contributed by atoms with Crippen molar-refractivity contribution in [1.82, 2.24) is 0 Å². The molecule has 1 rings (SSSR count). The van der Waals surface area contributed by atoms with E-state index in [1.165, 1.54) is 26.4 Å². The molecule has 5 heteroatoms. The van der Waals surface area contributed by atoms with Crippen LogP contribution in [0.4, 0.5) is 8.78 Å². The zero-order valence-electron chi connectivity index (χ0n) is 9.50. The number of ether oxygens (including phenoxy) is 2. The molecule has 0 aliphatic rings. The number of hydrogen-bond donors (Lipinski definition) is 0. The summed E-state index contributed by atoms with van der Waals surface area (Å²) in [4.78, 5) is 10.8. The number of halogens is 2. The van der Waals surface area contributed by atoms with Crippen LogP contribution in [0.2, 0.25) is 0 Å². The fourth-order valence-electron chi connectivity index (χ4n) is 1.22. The maximum absolute atomic E-state index is 13.0. The van der Waals surface area contributed by atoms with Crippen LogP contribution in [0.5, 0.6) is 5.75 Å². The number of carbonyl (C=O) groups is 1. The van der Waals surface area contributed by atoms with Crippen LogP contribution in [0, 0.1) is 11.6 Å². The molecule has 0 spiro atoms. The van der Waals surface area contributed by atoms with E-state index in [2.05, 4.69) is 4.74 Å². The average molecular weight is 242 g/mol. The van der Waals surface area contributed by atoms with Crippen molar-refractivity contribution in [3.63, 3.8) is 0 Å². The molecule has 0 amide bonds. The van der Waals surface area contributed by atoms with Crippen molar-refractivity contribution < 1.29 is 23.0 Å². The Kier molecular flexibility index (Phi) is 4.63. The minimum atomic E-state index is -0.980. The van der Waals surface area contributed by atoms with E-state index >= 15 is 0 Å². The molecule has 0 aliphatic carbocycles. The van der Waals surface area contributed by atoms with Crippen molar-refractivity contribution in [1.29, 1.82) is 0 Å². The number of benzene rings is 1. The first-order valence-corrected chi connectivity index (χ1v) is 4.85. The fraction of sp³-hybridized carbons (Fsp3) is 0.250. The van der Waals surface area contributed by atoms with Crippen LogP contribution >= 0.6 is 0 Å². The first-order valence-electron chi connectivity index (χ1n) is 4.85. The van der Waals surface area contributed by atoms with Gasteiger partial charge in [0.05, 0.1) is 20.6 Å². The third kappa shape index (κ3) is 3.55. The number of methoxy groups -OCH3 is 2. The topological polar surface area (TPSA) is 35.5 Å². The molecule has 3 nitrogen and oxygen atoms in total. The highest BCUT2D eigenvalue weighted by Gasteiger charge is 2.08. The van der Waals surface area contributed by atoms with Gasteiger partial charge in [-0.15, -0.1) is 0 Å². The van der Waals surface area contributed by atoms with Crippen LogP contribution in [0.25, 0.3) is 6.08 Å². The van der Waals surface area contributed by atoms with Gasteiger partial charge in [-0.3, -0.25) is 4.79 Å². The molecule has 17 heavy (non-hydrogen) atoms. The van der Waals surface area contributed by atoms with Crippen molar-refractivity contribution in [2.75, 3.05) is 14.2 Å². The van der Waals surface area contributed by atoms with Crippen molar-refractivity contribution in [3.8, 4) is 5.75 Å². The Morgan fingerprint density at radius 1 is 1.29 bits per heavy atom. The summed E-state index contributed by atoms with van der Waals surface area (Å²) in [6, 6.07) is 1.95. The van der Waals surface area contributed by atoms with Gasteiger partial charge in [0, 0.05) is 11.6 Å². The monoisotopic (exact) mass is 242 g/mol. The van der Waals surface area contributed by atoms with E-state index in [1.807, 2.05) is 0 Å². The lowest BCUT2D eigenvalue weighted by Gasteiger charge is -2.05. The third-order valence-electron chi connectivity index (χ3n) is 2.08. The normalized spacial score (nSPS) is 10.6. The van der Waals surface area contributed by atoms with Crippen LogP contribution in [-0.2, 0) is 9.53 Å². The summed E-state index contributed by atoms with van der Waals surface area (Å²) >= 11 is 0. The zero-order chi connectivity index (χ0) is 12.8. The minimum Gasteiger partial charge on any atom is -0.496 e. The summed E-state index contributed by atoms with van der Waals surface area (Å²) in [6.45, 7) is 0. The van der Waals surface area contributed by atoms with Crippen LogP contribution in [0.3, 0.4) is 0 Å². The van der Waals surface area contributed by atoms with E-state index < -0.39 is 17.6 Å². The van der Waals surface area contributed by atoms with E-state index in [-0.39, 0.29) is 12.2 Å². The van der Waals surface area contributed by atoms with Gasteiger partial charge in [0.1, 0.15) is 5.75 Å². The van der Waals surface area contributed by atoms with E-state index in [0.29, 0.717) is 5.56 Å². The van der Waals surface area contributed by atoms with Gasteiger partial charge in [-0.1, -0.05) is 12.2 Å². The first-order chi connectivity index (χ1) is 8.08. The fourth-order valence-corrected chi connectivity index (χ4v) is 1.22. The molecule has 0 saturated carbocycles. The first kappa shape index (κ1) is 13.2. The number of esters is 1. The van der Waals surface area contributed by atoms with E-state index in [4.69, 9.17) is 4.74 Å². The summed E-state index contributed by atoms with van der Waals surface area (Å²) in [5.74, 6) is -2.16. The zero-order valence-corrected chi connectivity index (χ0v) is 9.50. The predicted octanol–water partition coefficient (Wildman–Crippen LogP) is 2.55. The largest absolute Gasteiger partial charge is 0.496 e. The highest BCUT2D eigenvalue weighted by Crippen LogP contribution is 2.23. The maximum Gasteiger partial charge on any atom is 0.309 e. The van der Waals surface area contributed by atoms with Crippen LogP contribution < -0.4 is 4.74 Å². The molecule has 0 radical (unpaired) electrons. The Balaban J connectivity index is 2.89. The molecule has 0 fully saturated rings. The molecule has 0 bridgehead atoms. The lowest BCUT2D eigenvalue weighted by atomic mass is 10.1. The van der Waals surface area contributed by atoms with Crippen LogP contribution in [0.1, 0.15) is 12.0 Å². The Morgan fingerprint density at radius 2 is 1.94 bits per heavy atom. The molecule has 1 aromatic carbocycles. The van der Waals surface area contributed by atoms with Gasteiger partial charge in [-0.2, -0.15) is 0 Å². The van der Waals surface area contributed by atoms with Crippen LogP contribution in [-0.4, -0.2) is 20.2 Å². The molecule has 0 unspecified atom stereocenters. The van der Waals surface area contributed by atoms with Gasteiger partial charge >= 0.3 is 5.97 Å². The summed E-state index contributed by atoms with van der Waals surface area (Å²) in [7, 11) is 2.62. The van der Waals surface area contributed by atoms with E-state index in [9.17, 15) is 13.6 Å². The Labute approximate surface area is 97.7 Å². The van der Waals surface area contributed by atoms with Crippen molar-refractivity contribution >= 4 is 12.0 Å². The SMILES string of the molecule is COC(=O)CC=Cc1cc(F)c(F)cc1OC. The second kappa shape index (κ2) is 5.98. The molecule has 0 atom stereocenters. The highest BCUT2D eigenvalue weighted by atomic mass is 19.2. The Bertz CT molecular complexity index is 442. The summed E-state index contributed by atoms with van der Waals surface area (Å²) in [6.07, 6.45) is 3.01. The highest BCUT2D eigenvalue weighted by molar-refractivity contribution is 5.73. The number of carbonyl (C=O) groups excluding carboxylic acids is 1. The molecule has 1 aromatic rings. The predicted molar refractivity (Wildman–Crippen MR) is 58.6 cm³/mol. The molecule has 92 valence electrons. The minimum absolute atomic E-state index is 0.0542. The van der Waals surface area contributed by atoms with E-state index in [1.54, 1.807) is 0 Å². The van der Waals surface area contributed by atoms with Crippen molar-refractivity contribution in [3.05, 3.63) is 35.4 Å². The summed E-state index contributed by atoms with van der Waals surface area (Å²) < 4.78 is 35.2. The molecule has 0 heterocycles. The van der Waals surface area contributed by atoms with Gasteiger partial charge in [-0.25, -0.2) is 8.78 Å². The third-order valence-corrected chi connectivity index (χ3v) is 2.08. The molecule has 0 N–H and O–H groups in total. The lowest BCUT2D eigenvalue weighted by molar-refractivity contribution is -0.139. The van der Waals surface area contributed by atoms with Gasteiger partial charge in [0.15, 0.2) is 11.6 Å². The second-order valence-electron chi connectivity index (χ2n) is 3.19. The van der Waals surface area contributed by atoms with E-state index in [0.717, 1.165) is 12.1 Å². The average Bonchev–Trinajstić information content (AvgIpc) is 2.32. The lowest BCUT2D eigenvalue weighted by Crippen LogP contribution is -1.97. The second-order valence-corrected chi connectivity index (χ2v) is 3.19. The maximum atomic E-state index is 13.0. The van der Waals surface area contributed by atoms with Gasteiger partial charge in [0.25, 0.3) is 0 Å². The Hall–Kier alpha value is -1.91. The van der Waals surface area contributed by atoms with Gasteiger partial charge < -0.3 is 9.47 Å². The van der Waals surface area contributed by atoms with Gasteiger partial charge in [0.2, 0.25) is 0 Å². The standard InChI is InChI=1S/C12H12F2O3/c1-16-11-7-10(14)9(13)6-8(11)4-3-5-12(15)17-2/h3-4,6-7H,5H2,1-2H3. The van der Waals surface area contributed by atoms with Gasteiger partial charge in [-0.05, 0) is 6.07 Å². The Morgan fingerprint density at radius 3 is 2.53 bits per heavy atom. The molecule has 0 aromatic heterocycles. The molecular formula is C12H12F2O3.